The maximum absolute atomic E-state index is 2.64. The number of nitrogens with zero attached hydrogens (tertiary/aromatic N) is 1. The van der Waals surface area contributed by atoms with Crippen LogP contribution in [0.4, 0.5) is 17.1 Å². The predicted octanol–water partition coefficient (Wildman–Crippen LogP) is 15.2. The van der Waals surface area contributed by atoms with Crippen LogP contribution >= 0.6 is 0 Å². The Kier molecular flexibility index (Phi) is 7.58. The number of hydrogen-bond acceptors (Lipinski definition) is 1. The average Bonchev–Trinajstić information content (AvgIpc) is 3.47. The lowest BCUT2D eigenvalue weighted by Crippen LogP contribution is -2.55. The Bertz CT molecular complexity index is 2330. The highest BCUT2D eigenvalue weighted by atomic mass is 15.1. The van der Waals surface area contributed by atoms with Crippen LogP contribution in [0, 0.1) is 23.7 Å². The van der Waals surface area contributed by atoms with Crippen molar-refractivity contribution in [1.82, 2.24) is 0 Å². The maximum atomic E-state index is 2.64. The lowest BCUT2D eigenvalue weighted by atomic mass is 9.43. The molecule has 1 heteroatoms. The van der Waals surface area contributed by atoms with E-state index in [4.69, 9.17) is 0 Å². The normalized spacial score (nSPS) is 28.7. The van der Waals surface area contributed by atoms with Crippen molar-refractivity contribution < 1.29 is 0 Å². The van der Waals surface area contributed by atoms with E-state index in [2.05, 4.69) is 163 Å². The number of hydrogen-bond donors (Lipinski definition) is 0. The van der Waals surface area contributed by atoms with Gasteiger partial charge in [-0.1, -0.05) is 116 Å². The summed E-state index contributed by atoms with van der Waals surface area (Å²) >= 11 is 0. The first-order valence-electron chi connectivity index (χ1n) is 22.6. The van der Waals surface area contributed by atoms with E-state index in [-0.39, 0.29) is 27.1 Å². The summed E-state index contributed by atoms with van der Waals surface area (Å²) in [6, 6.07) is 41.5. The fraction of sp³-hybridized carbons (Fsp3) is 0.464. The number of rotatable bonds is 4. The first-order valence-corrected chi connectivity index (χ1v) is 22.6. The van der Waals surface area contributed by atoms with Crippen molar-refractivity contribution in [1.29, 1.82) is 0 Å². The molecule has 1 nitrogen and oxygen atoms in total. The van der Waals surface area contributed by atoms with Crippen LogP contribution in [0.5, 0.6) is 0 Å². The van der Waals surface area contributed by atoms with E-state index in [1.807, 2.05) is 0 Å². The summed E-state index contributed by atoms with van der Waals surface area (Å²) in [5.41, 5.74) is 19.6. The van der Waals surface area contributed by atoms with Gasteiger partial charge in [0.25, 0.3) is 0 Å². The topological polar surface area (TPSA) is 3.24 Å². The zero-order valence-corrected chi connectivity index (χ0v) is 35.9. The fourth-order valence-corrected chi connectivity index (χ4v) is 14.0. The molecule has 1 spiro atoms. The monoisotopic (exact) mass is 749 g/mol. The molecule has 4 bridgehead atoms. The molecule has 7 aliphatic rings. The summed E-state index contributed by atoms with van der Waals surface area (Å²) < 4.78 is 0. The fourth-order valence-electron chi connectivity index (χ4n) is 14.0. The average molecular weight is 750 g/mol. The van der Waals surface area contributed by atoms with Crippen molar-refractivity contribution in [2.24, 2.45) is 23.7 Å². The predicted molar refractivity (Wildman–Crippen MR) is 240 cm³/mol. The highest BCUT2D eigenvalue weighted by Crippen LogP contribution is 2.70. The Morgan fingerprint density at radius 3 is 1.32 bits per heavy atom. The second-order valence-electron chi connectivity index (χ2n) is 22.4. The first kappa shape index (κ1) is 36.0. The van der Waals surface area contributed by atoms with Crippen LogP contribution in [0.1, 0.15) is 147 Å². The summed E-state index contributed by atoms with van der Waals surface area (Å²) in [4.78, 5) is 2.64. The van der Waals surface area contributed by atoms with Gasteiger partial charge in [-0.3, -0.25) is 0 Å². The van der Waals surface area contributed by atoms with Crippen LogP contribution in [-0.4, -0.2) is 0 Å². The van der Waals surface area contributed by atoms with Gasteiger partial charge < -0.3 is 4.90 Å². The summed E-state index contributed by atoms with van der Waals surface area (Å²) in [5.74, 6) is 3.35. The minimum Gasteiger partial charge on any atom is -0.310 e. The van der Waals surface area contributed by atoms with Crippen LogP contribution in [0.2, 0.25) is 0 Å². The van der Waals surface area contributed by atoms with Crippen molar-refractivity contribution in [2.45, 2.75) is 140 Å². The lowest BCUT2D eigenvalue weighted by Gasteiger charge is -2.61. The standard InChI is InChI=1S/C56H63N/c1-52(2)22-24-54(5,6)50-33-42(16-20-48(50)52)57(43-17-21-49-51(34-43)55(7,8)25-23-53(49,3)4)41-15-19-47-45(32-41)44-31-38(37-12-10-9-11-13-37)14-18-46(44)56(47)39-27-35-26-36(29-39)30-40(56)28-35/h9-21,31-36,39-40H,22-30H2,1-8H3. The van der Waals surface area contributed by atoms with Crippen LogP contribution in [0.25, 0.3) is 22.3 Å². The molecule has 5 aromatic rings. The summed E-state index contributed by atoms with van der Waals surface area (Å²) in [6.45, 7) is 19.7. The van der Waals surface area contributed by atoms with E-state index in [0.717, 1.165) is 23.7 Å². The zero-order valence-electron chi connectivity index (χ0n) is 35.9. The van der Waals surface area contributed by atoms with Crippen molar-refractivity contribution >= 4 is 17.1 Å². The number of benzene rings is 5. The molecule has 7 aliphatic carbocycles. The molecule has 292 valence electrons. The molecule has 12 rings (SSSR count). The van der Waals surface area contributed by atoms with Gasteiger partial charge in [0.05, 0.1) is 0 Å². The Hall–Kier alpha value is -4.10. The Labute approximate surface area is 343 Å². The molecule has 0 radical (unpaired) electrons. The smallest absolute Gasteiger partial charge is 0.0468 e. The third kappa shape index (κ3) is 5.18. The van der Waals surface area contributed by atoms with Crippen molar-refractivity contribution in [3.8, 4) is 22.3 Å². The van der Waals surface area contributed by atoms with Crippen LogP contribution in [0.3, 0.4) is 0 Å². The Morgan fingerprint density at radius 1 is 0.386 bits per heavy atom. The highest BCUT2D eigenvalue weighted by Gasteiger charge is 2.61. The van der Waals surface area contributed by atoms with Crippen LogP contribution in [0.15, 0.2) is 103 Å². The van der Waals surface area contributed by atoms with Gasteiger partial charge >= 0.3 is 0 Å². The molecule has 0 aromatic heterocycles. The van der Waals surface area contributed by atoms with Crippen LogP contribution in [-0.2, 0) is 27.1 Å². The SMILES string of the molecule is CC1(C)CCC(C)(C)c2cc(N(c3ccc4c(c3)-c3cc(-c5ccccc5)ccc3C43C4CC5CC(C4)CC3C5)c3ccc4c(c3)C(C)(C)CCC4(C)C)ccc21. The lowest BCUT2D eigenvalue weighted by molar-refractivity contribution is -0.0399. The van der Waals surface area contributed by atoms with Gasteiger partial charge in [-0.05, 0) is 201 Å². The Morgan fingerprint density at radius 2 is 0.807 bits per heavy atom. The molecular formula is C56H63N. The maximum Gasteiger partial charge on any atom is 0.0468 e. The number of anilines is 3. The molecule has 4 saturated carbocycles. The molecule has 57 heavy (non-hydrogen) atoms. The number of fused-ring (bicyclic) bond motifs is 5. The molecule has 4 fully saturated rings. The van der Waals surface area contributed by atoms with Gasteiger partial charge in [-0.2, -0.15) is 0 Å². The van der Waals surface area contributed by atoms with E-state index in [9.17, 15) is 0 Å². The quantitative estimate of drug-likeness (QED) is 0.177. The molecule has 0 aliphatic heterocycles. The van der Waals surface area contributed by atoms with E-state index in [0.29, 0.717) is 0 Å². The van der Waals surface area contributed by atoms with Gasteiger partial charge in [-0.15, -0.1) is 0 Å². The second-order valence-corrected chi connectivity index (χ2v) is 22.4. The van der Waals surface area contributed by atoms with E-state index in [1.165, 1.54) is 119 Å². The van der Waals surface area contributed by atoms with Gasteiger partial charge in [0, 0.05) is 22.5 Å². The molecule has 0 saturated heterocycles. The molecule has 5 aromatic carbocycles. The molecule has 0 atom stereocenters. The molecule has 0 unspecified atom stereocenters. The molecular weight excluding hydrogens is 687 g/mol. The Balaban J connectivity index is 1.14. The third-order valence-corrected chi connectivity index (χ3v) is 17.2. The first-order chi connectivity index (χ1) is 27.2. The molecule has 0 N–H and O–H groups in total. The summed E-state index contributed by atoms with van der Waals surface area (Å²) in [7, 11) is 0. The van der Waals surface area contributed by atoms with Gasteiger partial charge in [0.15, 0.2) is 0 Å². The summed E-state index contributed by atoms with van der Waals surface area (Å²) in [5, 5.41) is 0. The van der Waals surface area contributed by atoms with E-state index >= 15 is 0 Å². The van der Waals surface area contributed by atoms with Crippen molar-refractivity contribution in [3.63, 3.8) is 0 Å². The second kappa shape index (κ2) is 12.0. The van der Waals surface area contributed by atoms with Gasteiger partial charge in [0.2, 0.25) is 0 Å². The van der Waals surface area contributed by atoms with E-state index in [1.54, 1.807) is 11.1 Å². The van der Waals surface area contributed by atoms with Crippen LogP contribution < -0.4 is 4.90 Å². The van der Waals surface area contributed by atoms with E-state index < -0.39 is 0 Å². The van der Waals surface area contributed by atoms with Crippen molar-refractivity contribution in [2.75, 3.05) is 4.90 Å². The zero-order chi connectivity index (χ0) is 39.3. The van der Waals surface area contributed by atoms with Gasteiger partial charge in [0.1, 0.15) is 0 Å². The third-order valence-electron chi connectivity index (χ3n) is 17.2. The highest BCUT2D eigenvalue weighted by molar-refractivity contribution is 5.89. The molecule has 0 heterocycles. The van der Waals surface area contributed by atoms with Gasteiger partial charge in [-0.25, -0.2) is 0 Å². The summed E-state index contributed by atoms with van der Waals surface area (Å²) in [6.07, 6.45) is 12.0. The largest absolute Gasteiger partial charge is 0.310 e. The minimum atomic E-state index is 0.130. The molecule has 0 amide bonds. The minimum absolute atomic E-state index is 0.130. The van der Waals surface area contributed by atoms with Crippen molar-refractivity contribution in [3.05, 3.63) is 137 Å².